The van der Waals surface area contributed by atoms with Gasteiger partial charge < -0.3 is 65.1 Å². The summed E-state index contributed by atoms with van der Waals surface area (Å²) in [6.07, 6.45) is 58.8. The number of carbonyl (C=O) groups is 1. The summed E-state index contributed by atoms with van der Waals surface area (Å²) in [5.74, 6) is -0.250. The molecule has 0 spiro atoms. The van der Waals surface area contributed by atoms with Crippen molar-refractivity contribution in [2.45, 2.75) is 370 Å². The van der Waals surface area contributed by atoms with E-state index in [9.17, 15) is 45.6 Å². The first-order valence-corrected chi connectivity index (χ1v) is 35.5. The molecule has 0 radical (unpaired) electrons. The highest BCUT2D eigenvalue weighted by Crippen LogP contribution is 2.30. The van der Waals surface area contributed by atoms with Crippen LogP contribution in [0.2, 0.25) is 0 Å². The molecule has 0 bridgehead atoms. The van der Waals surface area contributed by atoms with Crippen LogP contribution in [0.1, 0.15) is 296 Å². The van der Waals surface area contributed by atoms with Crippen LogP contribution >= 0.6 is 0 Å². The van der Waals surface area contributed by atoms with E-state index in [1.54, 1.807) is 6.08 Å². The van der Waals surface area contributed by atoms with Crippen molar-refractivity contribution in [3.05, 3.63) is 60.8 Å². The summed E-state index contributed by atoms with van der Waals surface area (Å²) in [6.45, 7) is 2.77. The van der Waals surface area contributed by atoms with Gasteiger partial charge in [-0.05, 0) is 77.0 Å². The number of carbonyl (C=O) groups excluding carboxylic acids is 1. The first-order chi connectivity index (χ1) is 42.1. The summed E-state index contributed by atoms with van der Waals surface area (Å²) in [6, 6.07) is -0.938. The average molecular weight is 1220 g/mol. The first-order valence-electron chi connectivity index (χ1n) is 35.5. The maximum absolute atomic E-state index is 13.3. The molecule has 12 unspecified atom stereocenters. The number of hydrogen-bond donors (Lipinski definition) is 9. The normalized spacial score (nSPS) is 23.7. The lowest BCUT2D eigenvalue weighted by molar-refractivity contribution is -0.359. The fraction of sp³-hybridized carbons (Fsp3) is 0.847. The number of ether oxygens (including phenoxy) is 4. The minimum atomic E-state index is -1.79. The Bertz CT molecular complexity index is 1670. The molecule has 1 amide bonds. The predicted molar refractivity (Wildman–Crippen MR) is 350 cm³/mol. The van der Waals surface area contributed by atoms with E-state index in [4.69, 9.17) is 18.9 Å². The van der Waals surface area contributed by atoms with Gasteiger partial charge in [-0.1, -0.05) is 274 Å². The van der Waals surface area contributed by atoms with Gasteiger partial charge in [-0.2, -0.15) is 0 Å². The Morgan fingerprint density at radius 1 is 0.419 bits per heavy atom. The zero-order valence-corrected chi connectivity index (χ0v) is 54.6. The highest BCUT2D eigenvalue weighted by atomic mass is 16.7. The molecule has 12 atom stereocenters. The second kappa shape index (κ2) is 56.7. The van der Waals surface area contributed by atoms with Gasteiger partial charge in [0.05, 0.1) is 32.0 Å². The van der Waals surface area contributed by atoms with Gasteiger partial charge in [0.2, 0.25) is 5.91 Å². The van der Waals surface area contributed by atoms with Crippen LogP contribution in [-0.2, 0) is 23.7 Å². The minimum Gasteiger partial charge on any atom is -0.394 e. The van der Waals surface area contributed by atoms with Crippen LogP contribution < -0.4 is 5.32 Å². The molecule has 9 N–H and O–H groups in total. The van der Waals surface area contributed by atoms with Crippen LogP contribution in [-0.4, -0.2) is 140 Å². The van der Waals surface area contributed by atoms with Crippen LogP contribution in [0.15, 0.2) is 60.8 Å². The fourth-order valence-corrected chi connectivity index (χ4v) is 11.5. The minimum absolute atomic E-state index is 0.250. The van der Waals surface area contributed by atoms with Gasteiger partial charge in [0.25, 0.3) is 0 Å². The standard InChI is InChI=1S/C72H131NO13/c1-3-5-7-9-11-13-15-17-19-20-21-22-23-24-25-26-27-28-29-30-31-32-33-34-35-36-37-38-39-40-42-44-46-48-50-52-54-56-64(77)73-60(61(76)55-53-51-49-47-45-43-41-18-16-14-12-10-8-6-4-2)59-83-71-69(82)67(80)70(63(58-75)85-71)86-72-68(81)66(79)65(78)62(57-74)84-72/h15-18,20-21,45,47,53,55,60-63,65-72,74-76,78-82H,3-14,19,22-44,46,48-52,54,56-59H2,1-2H3,(H,73,77)/b17-15-,18-16+,21-20-,47-45+,55-53+. The van der Waals surface area contributed by atoms with Crippen molar-refractivity contribution in [2.24, 2.45) is 0 Å². The molecule has 0 aromatic carbocycles. The molecule has 502 valence electrons. The number of unbranched alkanes of at least 4 members (excludes halogenated alkanes) is 37. The SMILES string of the molecule is CCCCCCC/C=C\C/C=C\CCCCCCCCCCCCCCCCCCCCCCCCCCCC(=O)NC(COC1OC(CO)C(OC2OC(CO)C(O)C(O)C2O)C(O)C1O)C(O)/C=C/CC/C=C/CC/C=C/CCCCCCC. The number of rotatable bonds is 58. The second-order valence-electron chi connectivity index (χ2n) is 25.0. The van der Waals surface area contributed by atoms with E-state index < -0.39 is 86.8 Å². The van der Waals surface area contributed by atoms with E-state index >= 15 is 0 Å². The topological polar surface area (TPSA) is 228 Å². The Kier molecular flexibility index (Phi) is 52.6. The quantitative estimate of drug-likeness (QED) is 0.0204. The van der Waals surface area contributed by atoms with Gasteiger partial charge in [-0.25, -0.2) is 0 Å². The van der Waals surface area contributed by atoms with Crippen LogP contribution in [0.3, 0.4) is 0 Å². The average Bonchev–Trinajstić information content (AvgIpc) is 1.83. The van der Waals surface area contributed by atoms with Crippen LogP contribution in [0.5, 0.6) is 0 Å². The summed E-state index contributed by atoms with van der Waals surface area (Å²) >= 11 is 0. The molecular formula is C72H131NO13. The zero-order chi connectivity index (χ0) is 62.3. The number of nitrogens with one attached hydrogen (secondary N) is 1. The Labute approximate surface area is 524 Å². The lowest BCUT2D eigenvalue weighted by Gasteiger charge is -2.46. The van der Waals surface area contributed by atoms with Crippen LogP contribution in [0, 0.1) is 0 Å². The van der Waals surface area contributed by atoms with Crippen molar-refractivity contribution >= 4 is 5.91 Å². The Morgan fingerprint density at radius 2 is 0.779 bits per heavy atom. The smallest absolute Gasteiger partial charge is 0.220 e. The fourth-order valence-electron chi connectivity index (χ4n) is 11.5. The molecule has 0 aromatic heterocycles. The van der Waals surface area contributed by atoms with Crippen molar-refractivity contribution in [3.63, 3.8) is 0 Å². The van der Waals surface area contributed by atoms with E-state index in [1.807, 2.05) is 6.08 Å². The van der Waals surface area contributed by atoms with Crippen molar-refractivity contribution in [2.75, 3.05) is 19.8 Å². The van der Waals surface area contributed by atoms with Gasteiger partial charge in [-0.15, -0.1) is 0 Å². The van der Waals surface area contributed by atoms with Crippen LogP contribution in [0.25, 0.3) is 0 Å². The van der Waals surface area contributed by atoms with Crippen molar-refractivity contribution in [1.29, 1.82) is 0 Å². The van der Waals surface area contributed by atoms with E-state index in [-0.39, 0.29) is 18.9 Å². The van der Waals surface area contributed by atoms with E-state index in [0.29, 0.717) is 12.8 Å². The summed E-state index contributed by atoms with van der Waals surface area (Å²) in [7, 11) is 0. The Balaban J connectivity index is 1.59. The molecule has 2 aliphatic heterocycles. The molecule has 0 aromatic rings. The highest BCUT2D eigenvalue weighted by Gasteiger charge is 2.51. The van der Waals surface area contributed by atoms with Crippen molar-refractivity contribution in [3.8, 4) is 0 Å². The lowest BCUT2D eigenvalue weighted by atomic mass is 9.97. The number of aliphatic hydroxyl groups is 8. The monoisotopic (exact) mass is 1220 g/mol. The summed E-state index contributed by atoms with van der Waals surface area (Å²) < 4.78 is 22.8. The molecular weight excluding hydrogens is 1090 g/mol. The van der Waals surface area contributed by atoms with Gasteiger partial charge in [0.1, 0.15) is 48.8 Å². The third-order valence-electron chi connectivity index (χ3n) is 17.2. The predicted octanol–water partition coefficient (Wildman–Crippen LogP) is 14.5. The summed E-state index contributed by atoms with van der Waals surface area (Å²) in [5.41, 5.74) is 0. The van der Waals surface area contributed by atoms with E-state index in [2.05, 4.69) is 67.8 Å². The molecule has 2 saturated heterocycles. The summed E-state index contributed by atoms with van der Waals surface area (Å²) in [5, 5.41) is 87.2. The van der Waals surface area contributed by atoms with Gasteiger partial charge in [-0.3, -0.25) is 4.79 Å². The number of hydrogen-bond acceptors (Lipinski definition) is 13. The van der Waals surface area contributed by atoms with E-state index in [1.165, 1.54) is 212 Å². The highest BCUT2D eigenvalue weighted by molar-refractivity contribution is 5.76. The molecule has 14 nitrogen and oxygen atoms in total. The molecule has 14 heteroatoms. The molecule has 2 fully saturated rings. The Hall–Kier alpha value is -2.31. The van der Waals surface area contributed by atoms with Gasteiger partial charge in [0, 0.05) is 6.42 Å². The second-order valence-corrected chi connectivity index (χ2v) is 25.0. The Morgan fingerprint density at radius 3 is 1.21 bits per heavy atom. The van der Waals surface area contributed by atoms with Crippen molar-refractivity contribution < 1.29 is 64.6 Å². The number of allylic oxidation sites excluding steroid dienone is 9. The van der Waals surface area contributed by atoms with Crippen LogP contribution in [0.4, 0.5) is 0 Å². The van der Waals surface area contributed by atoms with Crippen molar-refractivity contribution in [1.82, 2.24) is 5.32 Å². The molecule has 0 aliphatic carbocycles. The third-order valence-corrected chi connectivity index (χ3v) is 17.2. The molecule has 2 rings (SSSR count). The largest absolute Gasteiger partial charge is 0.394 e. The van der Waals surface area contributed by atoms with E-state index in [0.717, 1.165) is 51.4 Å². The first kappa shape index (κ1) is 79.8. The van der Waals surface area contributed by atoms with Gasteiger partial charge >= 0.3 is 0 Å². The molecule has 2 heterocycles. The third kappa shape index (κ3) is 40.4. The molecule has 2 aliphatic rings. The van der Waals surface area contributed by atoms with Gasteiger partial charge in [0.15, 0.2) is 12.6 Å². The lowest BCUT2D eigenvalue weighted by Crippen LogP contribution is -2.65. The molecule has 86 heavy (non-hydrogen) atoms. The number of amides is 1. The molecule has 0 saturated carbocycles. The maximum Gasteiger partial charge on any atom is 0.220 e. The zero-order valence-electron chi connectivity index (χ0n) is 54.6. The maximum atomic E-state index is 13.3. The number of aliphatic hydroxyl groups excluding tert-OH is 8. The summed E-state index contributed by atoms with van der Waals surface area (Å²) in [4.78, 5) is 13.3.